The van der Waals surface area contributed by atoms with Gasteiger partial charge in [-0.05, 0) is 24.3 Å². The van der Waals surface area contributed by atoms with Gasteiger partial charge in [0.1, 0.15) is 11.6 Å². The fourth-order valence-corrected chi connectivity index (χ4v) is 1.03. The number of ketones is 1. The van der Waals surface area contributed by atoms with E-state index in [4.69, 9.17) is 0 Å². The molecule has 0 spiro atoms. The highest BCUT2D eigenvalue weighted by Crippen LogP contribution is 2.17. The molecule has 0 aromatic heterocycles. The van der Waals surface area contributed by atoms with Gasteiger partial charge in [-0.2, -0.15) is 0 Å². The third-order valence-corrected chi connectivity index (χ3v) is 1.79. The van der Waals surface area contributed by atoms with Crippen LogP contribution in [-0.2, 0) is 0 Å². The molecule has 0 amide bonds. The van der Waals surface area contributed by atoms with Crippen molar-refractivity contribution in [3.63, 3.8) is 0 Å². The molecular formula is C8H10B3FO. The maximum atomic E-state index is 12.5. The molecule has 0 saturated carbocycles. The number of hydrogen-bond donors (Lipinski definition) is 0. The Morgan fingerprint density at radius 3 is 2.00 bits per heavy atom. The molecule has 0 heterocycles. The molecule has 0 bridgehead atoms. The fraction of sp³-hybridized carbons (Fsp3) is 0.125. The SMILES string of the molecule is BC(B)(B)C(=O)c1ccc(F)cc1. The molecule has 0 radical (unpaired) electrons. The molecule has 5 heteroatoms. The molecule has 0 fully saturated rings. The number of Topliss-reactive ketones (excluding diaryl/α,β-unsaturated/α-hetero) is 1. The van der Waals surface area contributed by atoms with E-state index < -0.39 is 5.11 Å². The van der Waals surface area contributed by atoms with Crippen LogP contribution in [0, 0.1) is 5.82 Å². The largest absolute Gasteiger partial charge is 0.296 e. The van der Waals surface area contributed by atoms with Gasteiger partial charge in [0.15, 0.2) is 0 Å². The first kappa shape index (κ1) is 10.1. The minimum Gasteiger partial charge on any atom is -0.296 e. The number of rotatable bonds is 2. The molecule has 1 nitrogen and oxygen atoms in total. The Kier molecular flexibility index (Phi) is 2.64. The van der Waals surface area contributed by atoms with Crippen LogP contribution in [0.2, 0.25) is 5.11 Å². The average molecular weight is 174 g/mol. The monoisotopic (exact) mass is 174 g/mol. The summed E-state index contributed by atoms with van der Waals surface area (Å²) >= 11 is 0. The highest BCUT2D eigenvalue weighted by atomic mass is 19.1. The lowest BCUT2D eigenvalue weighted by Crippen LogP contribution is -2.24. The van der Waals surface area contributed by atoms with Crippen molar-refractivity contribution in [3.8, 4) is 0 Å². The standard InChI is InChI=1S/C8H10B3FO/c9-8(10,11)7(13)5-1-3-6(12)4-2-5/h1-4H,9-11H2. The molecule has 13 heavy (non-hydrogen) atoms. The predicted octanol–water partition coefficient (Wildman–Crippen LogP) is -1.02. The number of carbonyl (C=O) groups is 1. The van der Waals surface area contributed by atoms with E-state index >= 15 is 0 Å². The van der Waals surface area contributed by atoms with Gasteiger partial charge in [-0.25, -0.2) is 4.39 Å². The normalized spacial score (nSPS) is 11.2. The third kappa shape index (κ3) is 2.48. The zero-order valence-corrected chi connectivity index (χ0v) is 8.10. The van der Waals surface area contributed by atoms with Crippen molar-refractivity contribution in [2.24, 2.45) is 0 Å². The first-order valence-corrected chi connectivity index (χ1v) is 4.21. The molecule has 0 aliphatic carbocycles. The van der Waals surface area contributed by atoms with Crippen LogP contribution >= 0.6 is 0 Å². The average Bonchev–Trinajstić information content (AvgIpc) is 2.03. The Hall–Kier alpha value is -0.985. The van der Waals surface area contributed by atoms with E-state index in [-0.39, 0.29) is 11.6 Å². The van der Waals surface area contributed by atoms with Crippen molar-refractivity contribution in [2.75, 3.05) is 0 Å². The minimum atomic E-state index is -0.405. The molecule has 0 unspecified atom stereocenters. The molecule has 0 saturated heterocycles. The number of carbonyl (C=O) groups excluding carboxylic acids is 1. The summed E-state index contributed by atoms with van der Waals surface area (Å²) in [4.78, 5) is 11.7. The van der Waals surface area contributed by atoms with Gasteiger partial charge in [-0.3, -0.25) is 4.79 Å². The van der Waals surface area contributed by atoms with Gasteiger partial charge in [0, 0.05) is 5.56 Å². The quantitative estimate of drug-likeness (QED) is 0.414. The van der Waals surface area contributed by atoms with Crippen LogP contribution < -0.4 is 0 Å². The molecule has 0 aliphatic rings. The molecule has 0 N–H and O–H groups in total. The van der Waals surface area contributed by atoms with E-state index in [9.17, 15) is 9.18 Å². The summed E-state index contributed by atoms with van der Waals surface area (Å²) in [7, 11) is 5.54. The van der Waals surface area contributed by atoms with E-state index in [1.54, 1.807) is 0 Å². The van der Waals surface area contributed by atoms with Gasteiger partial charge >= 0.3 is 0 Å². The third-order valence-electron chi connectivity index (χ3n) is 1.79. The summed E-state index contributed by atoms with van der Waals surface area (Å²) in [6, 6.07) is 5.64. The van der Waals surface area contributed by atoms with Gasteiger partial charge in [0.05, 0.1) is 23.5 Å². The minimum absolute atomic E-state index is 0.0347. The topological polar surface area (TPSA) is 17.1 Å². The first-order chi connectivity index (χ1) is 5.91. The Morgan fingerprint density at radius 2 is 1.62 bits per heavy atom. The lowest BCUT2D eigenvalue weighted by atomic mass is 9.40. The maximum absolute atomic E-state index is 12.5. The lowest BCUT2D eigenvalue weighted by molar-refractivity contribution is 0.0993. The van der Waals surface area contributed by atoms with Crippen LogP contribution in [0.15, 0.2) is 24.3 Å². The highest BCUT2D eigenvalue weighted by molar-refractivity contribution is 6.70. The van der Waals surface area contributed by atoms with Gasteiger partial charge in [-0.15, -0.1) is 0 Å². The number of hydrogen-bond acceptors (Lipinski definition) is 1. The maximum Gasteiger partial charge on any atom is 0.146 e. The van der Waals surface area contributed by atoms with Crippen molar-refractivity contribution >= 4 is 29.3 Å². The Balaban J connectivity index is 2.97. The summed E-state index contributed by atoms with van der Waals surface area (Å²) in [5, 5.41) is -0.405. The Bertz CT molecular complexity index is 315. The summed E-state index contributed by atoms with van der Waals surface area (Å²) in [6.45, 7) is 0. The summed E-state index contributed by atoms with van der Waals surface area (Å²) in [5.74, 6) is -0.280. The van der Waals surface area contributed by atoms with E-state index in [0.29, 0.717) is 5.56 Å². The van der Waals surface area contributed by atoms with E-state index in [1.807, 2.05) is 23.5 Å². The Morgan fingerprint density at radius 1 is 1.15 bits per heavy atom. The smallest absolute Gasteiger partial charge is 0.146 e. The molecule has 0 atom stereocenters. The molecule has 0 aliphatic heterocycles. The van der Waals surface area contributed by atoms with Crippen molar-refractivity contribution in [2.45, 2.75) is 5.11 Å². The summed E-state index contributed by atoms with van der Waals surface area (Å²) < 4.78 is 12.5. The van der Waals surface area contributed by atoms with E-state index in [1.165, 1.54) is 24.3 Å². The van der Waals surface area contributed by atoms with Crippen LogP contribution in [0.25, 0.3) is 0 Å². The molecule has 1 aromatic carbocycles. The predicted molar refractivity (Wildman–Crippen MR) is 59.1 cm³/mol. The van der Waals surface area contributed by atoms with E-state index in [2.05, 4.69) is 0 Å². The second-order valence-corrected chi connectivity index (χ2v) is 4.09. The van der Waals surface area contributed by atoms with Crippen LogP contribution in [0.5, 0.6) is 0 Å². The van der Waals surface area contributed by atoms with Crippen LogP contribution in [0.4, 0.5) is 4.39 Å². The zero-order valence-electron chi connectivity index (χ0n) is 8.10. The van der Waals surface area contributed by atoms with Crippen molar-refractivity contribution in [3.05, 3.63) is 35.6 Å². The molecule has 64 valence electrons. The van der Waals surface area contributed by atoms with Gasteiger partial charge in [0.2, 0.25) is 0 Å². The molecule has 1 rings (SSSR count). The van der Waals surface area contributed by atoms with Crippen molar-refractivity contribution in [1.29, 1.82) is 0 Å². The summed E-state index contributed by atoms with van der Waals surface area (Å²) in [6.07, 6.45) is 0. The van der Waals surface area contributed by atoms with Gasteiger partial charge in [-0.1, -0.05) is 5.11 Å². The van der Waals surface area contributed by atoms with E-state index in [0.717, 1.165) is 0 Å². The van der Waals surface area contributed by atoms with Crippen molar-refractivity contribution < 1.29 is 9.18 Å². The number of halogens is 1. The second kappa shape index (κ2) is 3.40. The molecular weight excluding hydrogens is 164 g/mol. The number of benzene rings is 1. The van der Waals surface area contributed by atoms with Crippen molar-refractivity contribution in [1.82, 2.24) is 0 Å². The highest BCUT2D eigenvalue weighted by Gasteiger charge is 2.22. The van der Waals surface area contributed by atoms with Gasteiger partial charge in [0.25, 0.3) is 0 Å². The van der Waals surface area contributed by atoms with Crippen LogP contribution in [0.3, 0.4) is 0 Å². The summed E-state index contributed by atoms with van der Waals surface area (Å²) in [5.41, 5.74) is 0.564. The first-order valence-electron chi connectivity index (χ1n) is 4.21. The Labute approximate surface area is 79.9 Å². The second-order valence-electron chi connectivity index (χ2n) is 4.09. The lowest BCUT2D eigenvalue weighted by Gasteiger charge is -2.15. The molecule has 1 aromatic rings. The van der Waals surface area contributed by atoms with Crippen LogP contribution in [0.1, 0.15) is 10.4 Å². The fourth-order valence-electron chi connectivity index (χ4n) is 1.03. The van der Waals surface area contributed by atoms with Crippen LogP contribution in [-0.4, -0.2) is 29.3 Å². The van der Waals surface area contributed by atoms with Gasteiger partial charge < -0.3 is 0 Å². The zero-order chi connectivity index (χ0) is 10.1.